The lowest BCUT2D eigenvalue weighted by atomic mass is 10.1. The van der Waals surface area contributed by atoms with E-state index in [1.807, 2.05) is 0 Å². The predicted octanol–water partition coefficient (Wildman–Crippen LogP) is 1.33. The molecule has 0 saturated carbocycles. The van der Waals surface area contributed by atoms with Gasteiger partial charge in [-0.05, 0) is 13.8 Å². The molecule has 2 rings (SSSR count). The van der Waals surface area contributed by atoms with Gasteiger partial charge in [0.1, 0.15) is 12.4 Å². The van der Waals surface area contributed by atoms with Gasteiger partial charge in [-0.1, -0.05) is 0 Å². The molecule has 0 radical (unpaired) electrons. The maximum Gasteiger partial charge on any atom is 0.406 e. The molecule has 0 amide bonds. The van der Waals surface area contributed by atoms with E-state index in [4.69, 9.17) is 0 Å². The second-order valence-electron chi connectivity index (χ2n) is 6.01. The van der Waals surface area contributed by atoms with Gasteiger partial charge in [0, 0.05) is 44.6 Å². The van der Waals surface area contributed by atoms with Gasteiger partial charge in [-0.25, -0.2) is 4.98 Å². The standard InChI is InChI=1S/C14H23F3N4O/c1-11-7-19(5-6-20(11)8-12(2)22)9-13-18-3-4-21(13)10-14(15,16)17/h3-4,11-12,22H,5-10H2,1-2H3/t11-,12-/m0/s1. The lowest BCUT2D eigenvalue weighted by Crippen LogP contribution is -2.53. The van der Waals surface area contributed by atoms with Gasteiger partial charge in [0.05, 0.1) is 12.6 Å². The summed E-state index contributed by atoms with van der Waals surface area (Å²) in [5, 5.41) is 9.47. The third-order valence-electron chi connectivity index (χ3n) is 3.86. The summed E-state index contributed by atoms with van der Waals surface area (Å²) in [5.74, 6) is 0.438. The van der Waals surface area contributed by atoms with Gasteiger partial charge >= 0.3 is 6.18 Å². The van der Waals surface area contributed by atoms with Crippen molar-refractivity contribution in [2.24, 2.45) is 0 Å². The zero-order valence-corrected chi connectivity index (χ0v) is 12.9. The van der Waals surface area contributed by atoms with Crippen LogP contribution in [0.25, 0.3) is 0 Å². The lowest BCUT2D eigenvalue weighted by Gasteiger charge is -2.40. The number of halogens is 3. The van der Waals surface area contributed by atoms with Crippen LogP contribution in [0.4, 0.5) is 13.2 Å². The normalized spacial score (nSPS) is 22.9. The van der Waals surface area contributed by atoms with Gasteiger partial charge in [0.15, 0.2) is 0 Å². The summed E-state index contributed by atoms with van der Waals surface area (Å²) in [5.41, 5.74) is 0. The Morgan fingerprint density at radius 3 is 2.73 bits per heavy atom. The summed E-state index contributed by atoms with van der Waals surface area (Å²) in [6, 6.07) is 0.259. The van der Waals surface area contributed by atoms with Crippen LogP contribution < -0.4 is 0 Å². The topological polar surface area (TPSA) is 44.5 Å². The Balaban J connectivity index is 1.92. The average Bonchev–Trinajstić information content (AvgIpc) is 2.77. The van der Waals surface area contributed by atoms with Gasteiger partial charge in [0.25, 0.3) is 0 Å². The maximum absolute atomic E-state index is 12.5. The van der Waals surface area contributed by atoms with Crippen molar-refractivity contribution in [3.05, 3.63) is 18.2 Å². The number of aromatic nitrogens is 2. The average molecular weight is 320 g/mol. The molecule has 1 aromatic heterocycles. The number of aliphatic hydroxyl groups excluding tert-OH is 1. The first kappa shape index (κ1) is 17.2. The van der Waals surface area contributed by atoms with Crippen molar-refractivity contribution in [3.8, 4) is 0 Å². The second-order valence-corrected chi connectivity index (χ2v) is 6.01. The Hall–Kier alpha value is -1.12. The molecule has 2 atom stereocenters. The van der Waals surface area contributed by atoms with Gasteiger partial charge in [-0.3, -0.25) is 9.80 Å². The Morgan fingerprint density at radius 1 is 1.41 bits per heavy atom. The molecule has 126 valence electrons. The number of imidazole rings is 1. The van der Waals surface area contributed by atoms with Crippen molar-refractivity contribution >= 4 is 0 Å². The fourth-order valence-corrected chi connectivity index (χ4v) is 2.85. The number of nitrogens with zero attached hydrogens (tertiary/aromatic N) is 4. The van der Waals surface area contributed by atoms with E-state index in [-0.39, 0.29) is 12.1 Å². The van der Waals surface area contributed by atoms with E-state index in [0.717, 1.165) is 24.2 Å². The molecule has 0 spiro atoms. The van der Waals surface area contributed by atoms with Crippen LogP contribution in [-0.2, 0) is 13.1 Å². The molecule has 1 N–H and O–H groups in total. The van der Waals surface area contributed by atoms with Crippen LogP contribution >= 0.6 is 0 Å². The van der Waals surface area contributed by atoms with Crippen LogP contribution in [-0.4, -0.2) is 69.0 Å². The van der Waals surface area contributed by atoms with Crippen molar-refractivity contribution in [3.63, 3.8) is 0 Å². The highest BCUT2D eigenvalue weighted by atomic mass is 19.4. The van der Waals surface area contributed by atoms with E-state index < -0.39 is 12.7 Å². The van der Waals surface area contributed by atoms with Crippen LogP contribution in [0.3, 0.4) is 0 Å². The molecular weight excluding hydrogens is 297 g/mol. The molecule has 1 fully saturated rings. The van der Waals surface area contributed by atoms with E-state index in [0.29, 0.717) is 18.9 Å². The number of β-amino-alcohol motifs (C(OH)–C–C–N with tert-alkyl or cyclic N) is 1. The number of alkyl halides is 3. The van der Waals surface area contributed by atoms with Gasteiger partial charge in [-0.2, -0.15) is 13.2 Å². The van der Waals surface area contributed by atoms with Crippen LogP contribution in [0, 0.1) is 0 Å². The monoisotopic (exact) mass is 320 g/mol. The molecule has 0 aliphatic carbocycles. The Morgan fingerprint density at radius 2 is 2.14 bits per heavy atom. The Kier molecular flexibility index (Phi) is 5.46. The molecule has 1 aromatic rings. The first-order chi connectivity index (χ1) is 10.2. The number of rotatable bonds is 5. The van der Waals surface area contributed by atoms with Crippen LogP contribution in [0.1, 0.15) is 19.7 Å². The minimum absolute atomic E-state index is 0.259. The summed E-state index contributed by atoms with van der Waals surface area (Å²) >= 11 is 0. The fourth-order valence-electron chi connectivity index (χ4n) is 2.85. The van der Waals surface area contributed by atoms with Crippen LogP contribution in [0.5, 0.6) is 0 Å². The summed E-state index contributed by atoms with van der Waals surface area (Å²) in [4.78, 5) is 8.36. The van der Waals surface area contributed by atoms with E-state index in [2.05, 4.69) is 21.7 Å². The van der Waals surface area contributed by atoms with Crippen molar-refractivity contribution in [2.75, 3.05) is 26.2 Å². The molecule has 1 aliphatic rings. The molecule has 0 unspecified atom stereocenters. The number of aliphatic hydroxyl groups is 1. The van der Waals surface area contributed by atoms with Gasteiger partial charge in [0.2, 0.25) is 0 Å². The van der Waals surface area contributed by atoms with E-state index in [1.165, 1.54) is 12.4 Å². The second kappa shape index (κ2) is 6.97. The first-order valence-electron chi connectivity index (χ1n) is 7.46. The molecule has 8 heteroatoms. The predicted molar refractivity (Wildman–Crippen MR) is 76.3 cm³/mol. The van der Waals surface area contributed by atoms with E-state index in [1.54, 1.807) is 6.92 Å². The van der Waals surface area contributed by atoms with Crippen molar-refractivity contribution in [1.82, 2.24) is 19.4 Å². The van der Waals surface area contributed by atoms with Crippen LogP contribution in [0.2, 0.25) is 0 Å². The minimum Gasteiger partial charge on any atom is -0.392 e. The zero-order valence-electron chi connectivity index (χ0n) is 12.9. The SMILES string of the molecule is C[C@H](O)CN1CCN(Cc2nccn2CC(F)(F)F)C[C@@H]1C. The smallest absolute Gasteiger partial charge is 0.392 e. The molecule has 1 aliphatic heterocycles. The highest BCUT2D eigenvalue weighted by Gasteiger charge is 2.30. The quantitative estimate of drug-likeness (QED) is 0.889. The lowest BCUT2D eigenvalue weighted by molar-refractivity contribution is -0.141. The van der Waals surface area contributed by atoms with Crippen molar-refractivity contribution in [1.29, 1.82) is 0 Å². The Labute approximate surface area is 128 Å². The molecule has 5 nitrogen and oxygen atoms in total. The summed E-state index contributed by atoms with van der Waals surface area (Å²) < 4.78 is 38.7. The number of hydrogen-bond donors (Lipinski definition) is 1. The molecule has 0 aromatic carbocycles. The summed E-state index contributed by atoms with van der Waals surface area (Å²) in [6.45, 7) is 6.17. The molecule has 2 heterocycles. The van der Waals surface area contributed by atoms with Crippen molar-refractivity contribution in [2.45, 2.75) is 45.3 Å². The molecule has 22 heavy (non-hydrogen) atoms. The highest BCUT2D eigenvalue weighted by molar-refractivity contribution is 4.94. The largest absolute Gasteiger partial charge is 0.406 e. The zero-order chi connectivity index (χ0) is 16.3. The fraction of sp³-hybridized carbons (Fsp3) is 0.786. The summed E-state index contributed by atoms with van der Waals surface area (Å²) in [6.07, 6.45) is -1.83. The number of piperazine rings is 1. The van der Waals surface area contributed by atoms with E-state index >= 15 is 0 Å². The van der Waals surface area contributed by atoms with Gasteiger partial charge in [-0.15, -0.1) is 0 Å². The summed E-state index contributed by atoms with van der Waals surface area (Å²) in [7, 11) is 0. The third kappa shape index (κ3) is 4.96. The van der Waals surface area contributed by atoms with E-state index in [9.17, 15) is 18.3 Å². The maximum atomic E-state index is 12.5. The molecule has 1 saturated heterocycles. The third-order valence-corrected chi connectivity index (χ3v) is 3.86. The van der Waals surface area contributed by atoms with Gasteiger partial charge < -0.3 is 9.67 Å². The molecular formula is C14H23F3N4O. The molecule has 0 bridgehead atoms. The first-order valence-corrected chi connectivity index (χ1v) is 7.46. The Bertz CT molecular complexity index is 475. The highest BCUT2D eigenvalue weighted by Crippen LogP contribution is 2.19. The van der Waals surface area contributed by atoms with Crippen molar-refractivity contribution < 1.29 is 18.3 Å². The minimum atomic E-state index is -4.24. The number of hydrogen-bond acceptors (Lipinski definition) is 4. The van der Waals surface area contributed by atoms with Crippen LogP contribution in [0.15, 0.2) is 12.4 Å².